The van der Waals surface area contributed by atoms with Crippen molar-refractivity contribution < 1.29 is 0 Å². The van der Waals surface area contributed by atoms with Gasteiger partial charge in [0.15, 0.2) is 0 Å². The first kappa shape index (κ1) is 29.3. The van der Waals surface area contributed by atoms with E-state index in [9.17, 15) is 15.8 Å². The van der Waals surface area contributed by atoms with Crippen LogP contribution in [0.4, 0.5) is 0 Å². The molecule has 0 aliphatic heterocycles. The summed E-state index contributed by atoms with van der Waals surface area (Å²) in [4.78, 5) is 28.1. The van der Waals surface area contributed by atoms with Gasteiger partial charge in [-0.25, -0.2) is 15.0 Å². The SMILES string of the molecule is N#Cc1ccnc(-c2cccc(-c3cc(-c4cccc(-c5cc(C#N)ccn5)n4)cc(-c4cccc(-c5cc(C#N)ccn5)n4)c3)n2)c1. The molecular weight excluding hydrogens is 594 g/mol. The second kappa shape index (κ2) is 12.9. The van der Waals surface area contributed by atoms with Crippen molar-refractivity contribution in [1.82, 2.24) is 29.9 Å². The van der Waals surface area contributed by atoms with Crippen LogP contribution < -0.4 is 0 Å². The highest BCUT2D eigenvalue weighted by atomic mass is 14.8. The standard InChI is InChI=1S/C39H21N9/c40-22-25-10-13-43-37(16-25)34-7-1-4-31(46-34)28-19-29(32-5-2-8-35(47-32)38-17-26(23-41)11-14-44-38)21-30(20-28)33-6-3-9-36(48-33)39-18-27(24-42)12-15-45-39/h1-21H. The monoisotopic (exact) mass is 615 g/mol. The number of hydrogen-bond acceptors (Lipinski definition) is 9. The number of aromatic nitrogens is 6. The van der Waals surface area contributed by atoms with Gasteiger partial charge in [0, 0.05) is 35.3 Å². The van der Waals surface area contributed by atoms with Gasteiger partial charge < -0.3 is 0 Å². The van der Waals surface area contributed by atoms with Gasteiger partial charge in [0.05, 0.1) is 86.1 Å². The van der Waals surface area contributed by atoms with Crippen LogP contribution in [0, 0.1) is 34.0 Å². The van der Waals surface area contributed by atoms with Crippen molar-refractivity contribution in [1.29, 1.82) is 15.8 Å². The summed E-state index contributed by atoms with van der Waals surface area (Å²) in [7, 11) is 0. The van der Waals surface area contributed by atoms with Gasteiger partial charge in [-0.2, -0.15) is 15.8 Å². The number of nitriles is 3. The van der Waals surface area contributed by atoms with E-state index in [0.717, 1.165) is 16.7 Å². The predicted molar refractivity (Wildman–Crippen MR) is 180 cm³/mol. The molecule has 0 unspecified atom stereocenters. The van der Waals surface area contributed by atoms with Crippen molar-refractivity contribution in [2.75, 3.05) is 0 Å². The van der Waals surface area contributed by atoms with Gasteiger partial charge in [-0.1, -0.05) is 18.2 Å². The molecule has 0 aliphatic rings. The molecule has 7 rings (SSSR count). The second-order valence-corrected chi connectivity index (χ2v) is 10.6. The third kappa shape index (κ3) is 6.09. The lowest BCUT2D eigenvalue weighted by molar-refractivity contribution is 1.23. The van der Waals surface area contributed by atoms with Crippen LogP contribution in [-0.4, -0.2) is 29.9 Å². The first-order valence-corrected chi connectivity index (χ1v) is 14.8. The minimum Gasteiger partial charge on any atom is -0.255 e. The Morgan fingerprint density at radius 3 is 0.917 bits per heavy atom. The molecule has 0 saturated heterocycles. The van der Waals surface area contributed by atoms with Gasteiger partial charge in [0.1, 0.15) is 0 Å². The molecule has 0 bridgehead atoms. The van der Waals surface area contributed by atoms with Crippen LogP contribution in [-0.2, 0) is 0 Å². The normalized spacial score (nSPS) is 10.4. The van der Waals surface area contributed by atoms with Gasteiger partial charge >= 0.3 is 0 Å². The molecular formula is C39H21N9. The average molecular weight is 616 g/mol. The average Bonchev–Trinajstić information content (AvgIpc) is 3.18. The highest BCUT2D eigenvalue weighted by molar-refractivity contribution is 5.80. The highest BCUT2D eigenvalue weighted by Crippen LogP contribution is 2.33. The third-order valence-electron chi connectivity index (χ3n) is 7.52. The molecule has 48 heavy (non-hydrogen) atoms. The summed E-state index contributed by atoms with van der Waals surface area (Å²) < 4.78 is 0. The van der Waals surface area contributed by atoms with Gasteiger partial charge in [-0.3, -0.25) is 15.0 Å². The minimum absolute atomic E-state index is 0.498. The van der Waals surface area contributed by atoms with Crippen LogP contribution in [0.3, 0.4) is 0 Å². The van der Waals surface area contributed by atoms with E-state index in [0.29, 0.717) is 67.9 Å². The van der Waals surface area contributed by atoms with E-state index in [-0.39, 0.29) is 0 Å². The number of hydrogen-bond donors (Lipinski definition) is 0. The zero-order valence-electron chi connectivity index (χ0n) is 25.1. The molecule has 9 heteroatoms. The summed E-state index contributed by atoms with van der Waals surface area (Å²) >= 11 is 0. The van der Waals surface area contributed by atoms with Gasteiger partial charge in [0.25, 0.3) is 0 Å². The van der Waals surface area contributed by atoms with E-state index >= 15 is 0 Å². The lowest BCUT2D eigenvalue weighted by Crippen LogP contribution is -1.95. The Kier molecular flexibility index (Phi) is 7.88. The molecule has 0 N–H and O–H groups in total. The maximum atomic E-state index is 9.41. The van der Waals surface area contributed by atoms with E-state index < -0.39 is 0 Å². The number of pyridine rings is 6. The van der Waals surface area contributed by atoms with Crippen LogP contribution in [0.5, 0.6) is 0 Å². The lowest BCUT2D eigenvalue weighted by atomic mass is 9.98. The molecule has 6 heterocycles. The Morgan fingerprint density at radius 1 is 0.333 bits per heavy atom. The van der Waals surface area contributed by atoms with Crippen molar-refractivity contribution in [3.63, 3.8) is 0 Å². The highest BCUT2D eigenvalue weighted by Gasteiger charge is 2.14. The summed E-state index contributed by atoms with van der Waals surface area (Å²) in [5.74, 6) is 0. The zero-order valence-corrected chi connectivity index (χ0v) is 25.1. The Labute approximate surface area is 275 Å². The van der Waals surface area contributed by atoms with Crippen LogP contribution in [0.2, 0.25) is 0 Å². The van der Waals surface area contributed by atoms with Crippen LogP contribution in [0.25, 0.3) is 67.9 Å². The van der Waals surface area contributed by atoms with Gasteiger partial charge in [-0.05, 0) is 91.0 Å². The molecule has 9 nitrogen and oxygen atoms in total. The largest absolute Gasteiger partial charge is 0.255 e. The minimum atomic E-state index is 0.498. The Morgan fingerprint density at radius 2 is 0.625 bits per heavy atom. The number of benzene rings is 1. The number of rotatable bonds is 6. The topological polar surface area (TPSA) is 149 Å². The Balaban J connectivity index is 1.38. The molecule has 0 aliphatic carbocycles. The summed E-state index contributed by atoms with van der Waals surface area (Å²) in [6.45, 7) is 0. The summed E-state index contributed by atoms with van der Waals surface area (Å²) in [5, 5.41) is 28.2. The van der Waals surface area contributed by atoms with Crippen molar-refractivity contribution in [3.05, 3.63) is 144 Å². The molecule has 7 aromatic rings. The fourth-order valence-corrected chi connectivity index (χ4v) is 5.21. The fraction of sp³-hybridized carbons (Fsp3) is 0. The molecule has 0 fully saturated rings. The van der Waals surface area contributed by atoms with E-state index in [2.05, 4.69) is 33.2 Å². The van der Waals surface area contributed by atoms with Gasteiger partial charge in [0.2, 0.25) is 0 Å². The van der Waals surface area contributed by atoms with E-state index in [1.807, 2.05) is 72.8 Å². The van der Waals surface area contributed by atoms with Crippen molar-refractivity contribution >= 4 is 0 Å². The first-order valence-electron chi connectivity index (χ1n) is 14.8. The molecule has 0 spiro atoms. The fourth-order valence-electron chi connectivity index (χ4n) is 5.21. The maximum absolute atomic E-state index is 9.41. The lowest BCUT2D eigenvalue weighted by Gasteiger charge is -2.12. The molecule has 0 atom stereocenters. The van der Waals surface area contributed by atoms with Crippen molar-refractivity contribution in [2.45, 2.75) is 0 Å². The quantitative estimate of drug-likeness (QED) is 0.184. The molecule has 0 radical (unpaired) electrons. The maximum Gasteiger partial charge on any atom is 0.0992 e. The van der Waals surface area contributed by atoms with Gasteiger partial charge in [-0.15, -0.1) is 0 Å². The third-order valence-corrected chi connectivity index (χ3v) is 7.52. The Bertz CT molecular complexity index is 2180. The molecule has 0 amide bonds. The van der Waals surface area contributed by atoms with E-state index in [4.69, 9.17) is 15.0 Å². The van der Waals surface area contributed by atoms with E-state index in [1.54, 1.807) is 55.0 Å². The predicted octanol–water partition coefficient (Wildman–Crippen LogP) is 7.67. The van der Waals surface area contributed by atoms with E-state index in [1.165, 1.54) is 0 Å². The molecule has 222 valence electrons. The summed E-state index contributed by atoms with van der Waals surface area (Å²) in [5.41, 5.74) is 9.68. The second-order valence-electron chi connectivity index (χ2n) is 10.6. The van der Waals surface area contributed by atoms with Crippen LogP contribution in [0.1, 0.15) is 16.7 Å². The molecule has 1 aromatic carbocycles. The van der Waals surface area contributed by atoms with Crippen molar-refractivity contribution in [3.8, 4) is 86.1 Å². The molecule has 6 aromatic heterocycles. The number of nitrogens with zero attached hydrogens (tertiary/aromatic N) is 9. The summed E-state index contributed by atoms with van der Waals surface area (Å²) in [6, 6.07) is 39.7. The van der Waals surface area contributed by atoms with Crippen molar-refractivity contribution in [2.24, 2.45) is 0 Å². The Hall–Kier alpha value is -7.41. The van der Waals surface area contributed by atoms with Crippen LogP contribution >= 0.6 is 0 Å². The first-order chi connectivity index (χ1) is 23.6. The zero-order chi connectivity index (χ0) is 32.9. The van der Waals surface area contributed by atoms with Crippen LogP contribution in [0.15, 0.2) is 128 Å². The molecule has 0 saturated carbocycles. The summed E-state index contributed by atoms with van der Waals surface area (Å²) in [6.07, 6.45) is 4.79. The smallest absolute Gasteiger partial charge is 0.0992 e.